The van der Waals surface area contributed by atoms with E-state index in [1.54, 1.807) is 0 Å². The number of aromatic nitrogens is 5. The molecule has 8 aromatic carbocycles. The molecule has 262 valence electrons. The maximum atomic E-state index is 6.40. The standard InChI is InChI=1S/C50H31N5O/c1-3-14-32(15-4-1)49-51-50(55(52-49)34-16-5-2-6-17-34)33-26-27-45-40(28-33)37-20-7-10-23-43(37)53(45)35-18-13-19-36(29-35)54-44-24-11-8-21-38(44)41-30-42-39-22-9-12-25-47(39)56-48(42)31-46(41)54/h1-31H. The monoisotopic (exact) mass is 717 g/mol. The summed E-state index contributed by atoms with van der Waals surface area (Å²) in [6, 6.07) is 66.0. The lowest BCUT2D eigenvalue weighted by Gasteiger charge is -2.13. The van der Waals surface area contributed by atoms with Crippen molar-refractivity contribution >= 4 is 65.6 Å². The van der Waals surface area contributed by atoms with E-state index in [4.69, 9.17) is 14.5 Å². The zero-order valence-electron chi connectivity index (χ0n) is 30.0. The van der Waals surface area contributed by atoms with E-state index in [2.05, 4.69) is 149 Å². The molecule has 0 unspecified atom stereocenters. The Balaban J connectivity index is 1.05. The van der Waals surface area contributed by atoms with Gasteiger partial charge in [0.1, 0.15) is 11.2 Å². The summed E-state index contributed by atoms with van der Waals surface area (Å²) in [5.41, 5.74) is 11.4. The molecule has 0 aliphatic rings. The predicted octanol–water partition coefficient (Wildman–Crippen LogP) is 12.7. The highest BCUT2D eigenvalue weighted by atomic mass is 16.3. The number of nitrogens with zero attached hydrogens (tertiary/aromatic N) is 5. The average Bonchev–Trinajstić information content (AvgIpc) is 4.03. The number of hydrogen-bond donors (Lipinski definition) is 0. The molecule has 0 bridgehead atoms. The third-order valence-electron chi connectivity index (χ3n) is 11.1. The first-order valence-electron chi connectivity index (χ1n) is 18.8. The van der Waals surface area contributed by atoms with Gasteiger partial charge in [0.05, 0.1) is 27.8 Å². The van der Waals surface area contributed by atoms with Crippen molar-refractivity contribution in [3.8, 4) is 39.8 Å². The van der Waals surface area contributed by atoms with Crippen molar-refractivity contribution in [3.63, 3.8) is 0 Å². The van der Waals surface area contributed by atoms with E-state index in [0.29, 0.717) is 5.82 Å². The summed E-state index contributed by atoms with van der Waals surface area (Å²) >= 11 is 0. The van der Waals surface area contributed by atoms with Gasteiger partial charge in [0.15, 0.2) is 11.6 Å². The lowest BCUT2D eigenvalue weighted by molar-refractivity contribution is 0.669. The molecule has 0 fully saturated rings. The fourth-order valence-electron chi connectivity index (χ4n) is 8.58. The summed E-state index contributed by atoms with van der Waals surface area (Å²) in [4.78, 5) is 5.14. The van der Waals surface area contributed by atoms with Crippen molar-refractivity contribution < 1.29 is 4.42 Å². The average molecular weight is 718 g/mol. The van der Waals surface area contributed by atoms with Gasteiger partial charge in [-0.3, -0.25) is 0 Å². The molecule has 6 nitrogen and oxygen atoms in total. The van der Waals surface area contributed by atoms with E-state index < -0.39 is 0 Å². The first kappa shape index (κ1) is 30.7. The fraction of sp³-hybridized carbons (Fsp3) is 0. The number of fused-ring (bicyclic) bond motifs is 9. The molecule has 12 rings (SSSR count). The smallest absolute Gasteiger partial charge is 0.182 e. The largest absolute Gasteiger partial charge is 0.456 e. The minimum absolute atomic E-state index is 0.690. The molecule has 0 N–H and O–H groups in total. The van der Waals surface area contributed by atoms with Crippen molar-refractivity contribution in [1.82, 2.24) is 23.9 Å². The van der Waals surface area contributed by atoms with Crippen LogP contribution in [-0.4, -0.2) is 23.9 Å². The molecule has 12 aromatic rings. The third kappa shape index (κ3) is 4.56. The van der Waals surface area contributed by atoms with Crippen LogP contribution in [0.1, 0.15) is 0 Å². The number of furan rings is 1. The zero-order chi connectivity index (χ0) is 36.7. The van der Waals surface area contributed by atoms with Gasteiger partial charge in [0.25, 0.3) is 0 Å². The highest BCUT2D eigenvalue weighted by molar-refractivity contribution is 6.17. The Kier molecular flexibility index (Phi) is 6.53. The van der Waals surface area contributed by atoms with Gasteiger partial charge in [0.2, 0.25) is 0 Å². The number of benzene rings is 8. The van der Waals surface area contributed by atoms with E-state index in [-0.39, 0.29) is 0 Å². The van der Waals surface area contributed by atoms with Crippen LogP contribution in [0.4, 0.5) is 0 Å². The second-order valence-corrected chi connectivity index (χ2v) is 14.3. The summed E-state index contributed by atoms with van der Waals surface area (Å²) in [7, 11) is 0. The second kappa shape index (κ2) is 11.9. The van der Waals surface area contributed by atoms with Gasteiger partial charge in [-0.2, -0.15) is 0 Å². The van der Waals surface area contributed by atoms with E-state index >= 15 is 0 Å². The summed E-state index contributed by atoms with van der Waals surface area (Å²) in [6.07, 6.45) is 0. The Morgan fingerprint density at radius 2 is 0.946 bits per heavy atom. The zero-order valence-corrected chi connectivity index (χ0v) is 30.0. The number of para-hydroxylation sites is 4. The van der Waals surface area contributed by atoms with Crippen LogP contribution in [0.2, 0.25) is 0 Å². The molecule has 0 radical (unpaired) electrons. The Bertz CT molecular complexity index is 3480. The van der Waals surface area contributed by atoms with Crippen LogP contribution in [0, 0.1) is 0 Å². The molecule has 0 saturated heterocycles. The molecule has 4 heterocycles. The van der Waals surface area contributed by atoms with Gasteiger partial charge >= 0.3 is 0 Å². The van der Waals surface area contributed by atoms with Crippen molar-refractivity contribution in [3.05, 3.63) is 188 Å². The fourth-order valence-corrected chi connectivity index (χ4v) is 8.58. The van der Waals surface area contributed by atoms with Crippen LogP contribution in [0.3, 0.4) is 0 Å². The summed E-state index contributed by atoms with van der Waals surface area (Å²) < 4.78 is 13.1. The lowest BCUT2D eigenvalue weighted by atomic mass is 10.1. The van der Waals surface area contributed by atoms with E-state index in [1.165, 1.54) is 16.2 Å². The molecule has 0 atom stereocenters. The van der Waals surface area contributed by atoms with Crippen molar-refractivity contribution in [1.29, 1.82) is 0 Å². The Hall–Kier alpha value is -7.70. The molecule has 0 amide bonds. The van der Waals surface area contributed by atoms with Gasteiger partial charge in [-0.1, -0.05) is 109 Å². The van der Waals surface area contributed by atoms with Gasteiger partial charge in [-0.05, 0) is 72.8 Å². The van der Waals surface area contributed by atoms with Crippen molar-refractivity contribution in [2.24, 2.45) is 0 Å². The lowest BCUT2D eigenvalue weighted by Crippen LogP contribution is -2.00. The molecule has 56 heavy (non-hydrogen) atoms. The SMILES string of the molecule is c1ccc(-c2nc(-c3ccc4c(c3)c3ccccc3n4-c3cccc(-n4c5ccccc5c5cc6c(cc54)oc4ccccc46)c3)n(-c3ccccc3)n2)cc1. The first-order chi connectivity index (χ1) is 27.8. The van der Waals surface area contributed by atoms with E-state index in [0.717, 1.165) is 83.4 Å². The predicted molar refractivity (Wildman–Crippen MR) is 228 cm³/mol. The second-order valence-electron chi connectivity index (χ2n) is 14.3. The molecule has 0 aliphatic carbocycles. The molecule has 6 heteroatoms. The third-order valence-corrected chi connectivity index (χ3v) is 11.1. The van der Waals surface area contributed by atoms with Gasteiger partial charge < -0.3 is 13.6 Å². The van der Waals surface area contributed by atoms with Gasteiger partial charge in [0, 0.05) is 60.9 Å². The van der Waals surface area contributed by atoms with Gasteiger partial charge in [-0.25, -0.2) is 9.67 Å². The van der Waals surface area contributed by atoms with Crippen LogP contribution in [0.25, 0.3) is 105 Å². The maximum absolute atomic E-state index is 6.40. The highest BCUT2D eigenvalue weighted by Gasteiger charge is 2.20. The van der Waals surface area contributed by atoms with E-state index in [9.17, 15) is 0 Å². The van der Waals surface area contributed by atoms with Crippen LogP contribution in [0.5, 0.6) is 0 Å². The molecule has 0 saturated carbocycles. The van der Waals surface area contributed by atoms with Crippen molar-refractivity contribution in [2.75, 3.05) is 0 Å². The summed E-state index contributed by atoms with van der Waals surface area (Å²) in [5, 5.41) is 12.0. The molecular weight excluding hydrogens is 687 g/mol. The number of hydrogen-bond acceptors (Lipinski definition) is 3. The van der Waals surface area contributed by atoms with Gasteiger partial charge in [-0.15, -0.1) is 5.10 Å². The Morgan fingerprint density at radius 3 is 1.70 bits per heavy atom. The Morgan fingerprint density at radius 1 is 0.357 bits per heavy atom. The molecule has 4 aromatic heterocycles. The number of rotatable bonds is 5. The highest BCUT2D eigenvalue weighted by Crippen LogP contribution is 2.40. The molecular formula is C50H31N5O. The van der Waals surface area contributed by atoms with Crippen LogP contribution >= 0.6 is 0 Å². The first-order valence-corrected chi connectivity index (χ1v) is 18.8. The topological polar surface area (TPSA) is 53.7 Å². The quantitative estimate of drug-likeness (QED) is 0.178. The normalized spacial score (nSPS) is 11.9. The summed E-state index contributed by atoms with van der Waals surface area (Å²) in [6.45, 7) is 0. The minimum Gasteiger partial charge on any atom is -0.456 e. The minimum atomic E-state index is 0.690. The molecule has 0 spiro atoms. The van der Waals surface area contributed by atoms with Crippen LogP contribution in [-0.2, 0) is 0 Å². The summed E-state index contributed by atoms with van der Waals surface area (Å²) in [5.74, 6) is 1.48. The molecule has 0 aliphatic heterocycles. The maximum Gasteiger partial charge on any atom is 0.182 e. The van der Waals surface area contributed by atoms with Crippen LogP contribution in [0.15, 0.2) is 192 Å². The van der Waals surface area contributed by atoms with Crippen LogP contribution < -0.4 is 0 Å². The van der Waals surface area contributed by atoms with E-state index in [1.807, 2.05) is 53.2 Å². The Labute approximate surface area is 320 Å². The van der Waals surface area contributed by atoms with Crippen molar-refractivity contribution in [2.45, 2.75) is 0 Å².